The maximum Gasteiger partial charge on any atom is 0.143 e. The van der Waals surface area contributed by atoms with Gasteiger partial charge in [0.25, 0.3) is 0 Å². The molecule has 0 atom stereocenters. The van der Waals surface area contributed by atoms with Crippen LogP contribution in [-0.4, -0.2) is 16.5 Å². The predicted octanol–water partition coefficient (Wildman–Crippen LogP) is 3.37. The van der Waals surface area contributed by atoms with Crippen LogP contribution in [0, 0.1) is 3.57 Å². The average Bonchev–Trinajstić information content (AvgIpc) is 2.19. The first-order valence-corrected chi connectivity index (χ1v) is 6.78. The molecule has 1 N–H and O–H groups in total. The van der Waals surface area contributed by atoms with Gasteiger partial charge in [0.05, 0.1) is 9.26 Å². The molecule has 1 aromatic heterocycles. The molecule has 16 heavy (non-hydrogen) atoms. The quantitative estimate of drug-likeness (QED) is 0.862. The van der Waals surface area contributed by atoms with E-state index in [1.54, 1.807) is 0 Å². The fourth-order valence-electron chi connectivity index (χ4n) is 1.35. The molecule has 0 saturated carbocycles. The highest BCUT2D eigenvalue weighted by Crippen LogP contribution is 2.25. The van der Waals surface area contributed by atoms with Gasteiger partial charge >= 0.3 is 0 Å². The van der Waals surface area contributed by atoms with Gasteiger partial charge in [0.15, 0.2) is 0 Å². The zero-order valence-corrected chi connectivity index (χ0v) is 12.8. The molecule has 3 nitrogen and oxygen atoms in total. The number of nitrogens with zero attached hydrogens (tertiary/aromatic N) is 2. The van der Waals surface area contributed by atoms with Crippen molar-refractivity contribution in [3.63, 3.8) is 0 Å². The maximum atomic E-state index is 4.65. The lowest BCUT2D eigenvalue weighted by Crippen LogP contribution is -2.19. The Kier molecular flexibility index (Phi) is 4.52. The summed E-state index contributed by atoms with van der Waals surface area (Å²) in [5, 5.41) is 3.30. The van der Waals surface area contributed by atoms with Gasteiger partial charge in [-0.15, -0.1) is 0 Å². The summed E-state index contributed by atoms with van der Waals surface area (Å²) in [6.07, 6.45) is 0.947. The fraction of sp³-hybridized carbons (Fsp3) is 0.667. The Morgan fingerprint density at radius 1 is 1.19 bits per heavy atom. The molecular formula is C12H20IN3. The normalized spacial score (nSPS) is 11.6. The summed E-state index contributed by atoms with van der Waals surface area (Å²) in [5.74, 6) is 1.89. The number of aromatic nitrogens is 2. The molecule has 0 aliphatic heterocycles. The van der Waals surface area contributed by atoms with Crippen LogP contribution in [0.15, 0.2) is 0 Å². The third-order valence-electron chi connectivity index (χ3n) is 2.27. The van der Waals surface area contributed by atoms with Crippen molar-refractivity contribution in [2.75, 3.05) is 11.9 Å². The molecule has 90 valence electrons. The first-order valence-electron chi connectivity index (χ1n) is 5.70. The second-order valence-corrected chi connectivity index (χ2v) is 5.87. The zero-order valence-electron chi connectivity index (χ0n) is 10.7. The van der Waals surface area contributed by atoms with E-state index in [0.29, 0.717) is 0 Å². The topological polar surface area (TPSA) is 37.8 Å². The highest BCUT2D eigenvalue weighted by atomic mass is 127. The SMILES string of the molecule is CCNc1nc(C(C)(C)C)nc(CC)c1I. The van der Waals surface area contributed by atoms with Gasteiger partial charge in [-0.1, -0.05) is 27.7 Å². The maximum absolute atomic E-state index is 4.65. The lowest BCUT2D eigenvalue weighted by Gasteiger charge is -2.19. The highest BCUT2D eigenvalue weighted by molar-refractivity contribution is 14.1. The Bertz CT molecular complexity index is 369. The van der Waals surface area contributed by atoms with Crippen LogP contribution >= 0.6 is 22.6 Å². The van der Waals surface area contributed by atoms with Gasteiger partial charge in [-0.25, -0.2) is 9.97 Å². The number of aryl methyl sites for hydroxylation is 1. The molecule has 0 amide bonds. The monoisotopic (exact) mass is 333 g/mol. The van der Waals surface area contributed by atoms with E-state index in [1.165, 1.54) is 0 Å². The van der Waals surface area contributed by atoms with Crippen molar-refractivity contribution in [3.8, 4) is 0 Å². The predicted molar refractivity (Wildman–Crippen MR) is 77.0 cm³/mol. The number of hydrogen-bond donors (Lipinski definition) is 1. The largest absolute Gasteiger partial charge is 0.369 e. The van der Waals surface area contributed by atoms with Crippen LogP contribution in [0.2, 0.25) is 0 Å². The zero-order chi connectivity index (χ0) is 12.3. The summed E-state index contributed by atoms with van der Waals surface area (Å²) in [4.78, 5) is 9.26. The summed E-state index contributed by atoms with van der Waals surface area (Å²) >= 11 is 2.32. The summed E-state index contributed by atoms with van der Waals surface area (Å²) in [7, 11) is 0. The van der Waals surface area contributed by atoms with E-state index in [4.69, 9.17) is 0 Å². The lowest BCUT2D eigenvalue weighted by molar-refractivity contribution is 0.541. The van der Waals surface area contributed by atoms with Crippen LogP contribution in [0.3, 0.4) is 0 Å². The van der Waals surface area contributed by atoms with Crippen molar-refractivity contribution >= 4 is 28.4 Å². The average molecular weight is 333 g/mol. The summed E-state index contributed by atoms with van der Waals surface area (Å²) in [6, 6.07) is 0. The van der Waals surface area contributed by atoms with Crippen molar-refractivity contribution in [1.82, 2.24) is 9.97 Å². The smallest absolute Gasteiger partial charge is 0.143 e. The van der Waals surface area contributed by atoms with Crippen LogP contribution in [0.5, 0.6) is 0 Å². The lowest BCUT2D eigenvalue weighted by atomic mass is 9.95. The molecule has 0 saturated heterocycles. The molecular weight excluding hydrogens is 313 g/mol. The van der Waals surface area contributed by atoms with Crippen LogP contribution < -0.4 is 5.32 Å². The van der Waals surface area contributed by atoms with Crippen LogP contribution in [0.1, 0.15) is 46.1 Å². The van der Waals surface area contributed by atoms with Gasteiger partial charge in [0.2, 0.25) is 0 Å². The molecule has 0 radical (unpaired) electrons. The first-order chi connectivity index (χ1) is 7.40. The molecule has 0 fully saturated rings. The van der Waals surface area contributed by atoms with Crippen LogP contribution in [0.4, 0.5) is 5.82 Å². The van der Waals surface area contributed by atoms with E-state index < -0.39 is 0 Å². The molecule has 1 rings (SSSR count). The molecule has 0 aliphatic rings. The molecule has 0 bridgehead atoms. The van der Waals surface area contributed by atoms with Crippen LogP contribution in [-0.2, 0) is 11.8 Å². The Hall–Kier alpha value is -0.390. The van der Waals surface area contributed by atoms with Crippen molar-refractivity contribution in [1.29, 1.82) is 0 Å². The number of halogens is 1. The van der Waals surface area contributed by atoms with Gasteiger partial charge < -0.3 is 5.32 Å². The second kappa shape index (κ2) is 5.29. The highest BCUT2D eigenvalue weighted by Gasteiger charge is 2.20. The Morgan fingerprint density at radius 2 is 1.81 bits per heavy atom. The Morgan fingerprint density at radius 3 is 2.25 bits per heavy atom. The third-order valence-corrected chi connectivity index (χ3v) is 3.40. The van der Waals surface area contributed by atoms with Gasteiger partial charge in [0, 0.05) is 12.0 Å². The third kappa shape index (κ3) is 3.06. The van der Waals surface area contributed by atoms with E-state index in [0.717, 1.165) is 33.9 Å². The Labute approximate surface area is 112 Å². The summed E-state index contributed by atoms with van der Waals surface area (Å²) in [5.41, 5.74) is 1.13. The molecule has 1 heterocycles. The molecule has 0 aliphatic carbocycles. The van der Waals surface area contributed by atoms with Crippen molar-refractivity contribution in [2.45, 2.75) is 46.5 Å². The minimum absolute atomic E-state index is 0.00156. The Balaban J connectivity index is 3.28. The molecule has 4 heteroatoms. The molecule has 1 aromatic rings. The van der Waals surface area contributed by atoms with Gasteiger partial charge in [0.1, 0.15) is 11.6 Å². The second-order valence-electron chi connectivity index (χ2n) is 4.79. The number of nitrogens with one attached hydrogen (secondary N) is 1. The van der Waals surface area contributed by atoms with E-state index >= 15 is 0 Å². The van der Waals surface area contributed by atoms with E-state index in [2.05, 4.69) is 72.5 Å². The number of anilines is 1. The molecule has 0 aromatic carbocycles. The minimum atomic E-state index is -0.00156. The number of hydrogen-bond acceptors (Lipinski definition) is 3. The fourth-order valence-corrected chi connectivity index (χ4v) is 2.16. The van der Waals surface area contributed by atoms with Crippen LogP contribution in [0.25, 0.3) is 0 Å². The van der Waals surface area contributed by atoms with Crippen molar-refractivity contribution in [3.05, 3.63) is 15.1 Å². The molecule has 0 unspecified atom stereocenters. The van der Waals surface area contributed by atoms with Gasteiger partial charge in [-0.3, -0.25) is 0 Å². The first kappa shape index (κ1) is 13.7. The van der Waals surface area contributed by atoms with Crippen molar-refractivity contribution in [2.24, 2.45) is 0 Å². The summed E-state index contributed by atoms with van der Waals surface area (Å²) in [6.45, 7) is 11.5. The minimum Gasteiger partial charge on any atom is -0.369 e. The standard InChI is InChI=1S/C12H20IN3/c1-6-8-9(13)10(14-7-2)16-11(15-8)12(3,4)5/h6-7H2,1-5H3,(H,14,15,16). The van der Waals surface area contributed by atoms with Gasteiger partial charge in [-0.05, 0) is 35.9 Å². The number of rotatable bonds is 3. The van der Waals surface area contributed by atoms with E-state index in [-0.39, 0.29) is 5.41 Å². The summed E-state index contributed by atoms with van der Waals surface area (Å²) < 4.78 is 1.15. The van der Waals surface area contributed by atoms with Gasteiger partial charge in [-0.2, -0.15) is 0 Å². The van der Waals surface area contributed by atoms with E-state index in [1.807, 2.05) is 0 Å². The van der Waals surface area contributed by atoms with Crippen molar-refractivity contribution < 1.29 is 0 Å². The molecule has 0 spiro atoms. The van der Waals surface area contributed by atoms with E-state index in [9.17, 15) is 0 Å².